The lowest BCUT2D eigenvalue weighted by Crippen LogP contribution is -1.89. The number of aryl methyl sites for hydroxylation is 1. The quantitative estimate of drug-likeness (QED) is 0.680. The number of benzene rings is 2. The molecule has 0 unspecified atom stereocenters. The predicted molar refractivity (Wildman–Crippen MR) is 89.8 cm³/mol. The molecule has 3 aromatic rings. The fraction of sp³-hybridized carbons (Fsp3) is 0.0667. The lowest BCUT2D eigenvalue weighted by Gasteiger charge is -2.03. The maximum absolute atomic E-state index is 5.99. The van der Waals surface area contributed by atoms with Gasteiger partial charge in [0.2, 0.25) is 5.13 Å². The highest BCUT2D eigenvalue weighted by Gasteiger charge is 2.07. The van der Waals surface area contributed by atoms with Crippen LogP contribution in [0.2, 0.25) is 10.0 Å². The van der Waals surface area contributed by atoms with Crippen molar-refractivity contribution in [2.24, 2.45) is 0 Å². The third-order valence-electron chi connectivity index (χ3n) is 2.89. The van der Waals surface area contributed by atoms with Gasteiger partial charge >= 0.3 is 0 Å². The summed E-state index contributed by atoms with van der Waals surface area (Å²) >= 11 is 13.4. The van der Waals surface area contributed by atoms with Gasteiger partial charge in [0.1, 0.15) is 5.01 Å². The molecule has 0 radical (unpaired) electrons. The molecular weight excluding hydrogens is 325 g/mol. The average molecular weight is 336 g/mol. The van der Waals surface area contributed by atoms with Crippen molar-refractivity contribution in [3.8, 4) is 10.6 Å². The number of halogens is 2. The van der Waals surface area contributed by atoms with Gasteiger partial charge in [0, 0.05) is 11.3 Å². The van der Waals surface area contributed by atoms with E-state index in [4.69, 9.17) is 23.2 Å². The Morgan fingerprint density at radius 3 is 2.43 bits per heavy atom. The lowest BCUT2D eigenvalue weighted by molar-refractivity contribution is 1.10. The van der Waals surface area contributed by atoms with Crippen molar-refractivity contribution in [3.05, 3.63) is 58.1 Å². The summed E-state index contributed by atoms with van der Waals surface area (Å²) in [6, 6.07) is 13.6. The highest BCUT2D eigenvalue weighted by molar-refractivity contribution is 7.18. The van der Waals surface area contributed by atoms with Crippen LogP contribution >= 0.6 is 34.5 Å². The van der Waals surface area contributed by atoms with Gasteiger partial charge in [0.25, 0.3) is 0 Å². The van der Waals surface area contributed by atoms with E-state index in [0.717, 1.165) is 16.3 Å². The molecule has 0 saturated carbocycles. The third-order valence-corrected chi connectivity index (χ3v) is 4.52. The maximum atomic E-state index is 5.99. The number of nitrogens with zero attached hydrogens (tertiary/aromatic N) is 2. The maximum Gasteiger partial charge on any atom is 0.210 e. The van der Waals surface area contributed by atoms with Gasteiger partial charge in [-0.1, -0.05) is 64.4 Å². The van der Waals surface area contributed by atoms with Crippen molar-refractivity contribution in [3.63, 3.8) is 0 Å². The predicted octanol–water partition coefficient (Wildman–Crippen LogP) is 5.56. The van der Waals surface area contributed by atoms with Gasteiger partial charge in [-0.25, -0.2) is 0 Å². The molecule has 1 aromatic heterocycles. The fourth-order valence-corrected chi connectivity index (χ4v) is 2.85. The van der Waals surface area contributed by atoms with E-state index in [9.17, 15) is 0 Å². The highest BCUT2D eigenvalue weighted by atomic mass is 35.5. The standard InChI is InChI=1S/C15H11Cl2N3S/c1-9-2-4-10(5-3-9)14-19-20-15(21-14)18-11-6-7-12(16)13(17)8-11/h2-8H,1H3,(H,18,20). The molecule has 0 aliphatic carbocycles. The normalized spacial score (nSPS) is 10.6. The van der Waals surface area contributed by atoms with Crippen molar-refractivity contribution < 1.29 is 0 Å². The summed E-state index contributed by atoms with van der Waals surface area (Å²) in [6.07, 6.45) is 0. The lowest BCUT2D eigenvalue weighted by atomic mass is 10.2. The molecule has 0 amide bonds. The van der Waals surface area contributed by atoms with Gasteiger partial charge in [-0.2, -0.15) is 0 Å². The Kier molecular flexibility index (Phi) is 4.10. The van der Waals surface area contributed by atoms with E-state index in [-0.39, 0.29) is 0 Å². The Hall–Kier alpha value is -1.62. The van der Waals surface area contributed by atoms with E-state index in [1.165, 1.54) is 16.9 Å². The van der Waals surface area contributed by atoms with Crippen LogP contribution in [0, 0.1) is 6.92 Å². The van der Waals surface area contributed by atoms with E-state index in [1.54, 1.807) is 12.1 Å². The molecule has 1 N–H and O–H groups in total. The summed E-state index contributed by atoms with van der Waals surface area (Å²) < 4.78 is 0. The van der Waals surface area contributed by atoms with Crippen molar-refractivity contribution in [2.45, 2.75) is 6.92 Å². The van der Waals surface area contributed by atoms with Crippen LogP contribution in [0.4, 0.5) is 10.8 Å². The highest BCUT2D eigenvalue weighted by Crippen LogP contribution is 2.30. The summed E-state index contributed by atoms with van der Waals surface area (Å²) in [6.45, 7) is 2.06. The van der Waals surface area contributed by atoms with E-state index in [0.29, 0.717) is 15.2 Å². The van der Waals surface area contributed by atoms with Crippen LogP contribution in [-0.4, -0.2) is 10.2 Å². The molecule has 106 valence electrons. The van der Waals surface area contributed by atoms with Gasteiger partial charge in [0.15, 0.2) is 0 Å². The molecule has 2 aromatic carbocycles. The Morgan fingerprint density at radius 1 is 0.952 bits per heavy atom. The Balaban J connectivity index is 1.81. The minimum Gasteiger partial charge on any atom is -0.330 e. The molecule has 1 heterocycles. The SMILES string of the molecule is Cc1ccc(-c2nnc(Nc3ccc(Cl)c(Cl)c3)s2)cc1. The van der Waals surface area contributed by atoms with E-state index in [1.807, 2.05) is 18.2 Å². The summed E-state index contributed by atoms with van der Waals surface area (Å²) in [5.74, 6) is 0. The molecule has 0 saturated heterocycles. The molecule has 6 heteroatoms. The van der Waals surface area contributed by atoms with Crippen molar-refractivity contribution in [2.75, 3.05) is 5.32 Å². The largest absolute Gasteiger partial charge is 0.330 e. The Morgan fingerprint density at radius 2 is 1.71 bits per heavy atom. The number of hydrogen-bond acceptors (Lipinski definition) is 4. The number of nitrogens with one attached hydrogen (secondary N) is 1. The second-order valence-electron chi connectivity index (χ2n) is 4.53. The van der Waals surface area contributed by atoms with Crippen LogP contribution in [0.1, 0.15) is 5.56 Å². The zero-order valence-electron chi connectivity index (χ0n) is 11.1. The first kappa shape index (κ1) is 14.3. The molecule has 3 nitrogen and oxygen atoms in total. The van der Waals surface area contributed by atoms with Gasteiger partial charge in [-0.05, 0) is 25.1 Å². The van der Waals surface area contributed by atoms with Crippen LogP contribution in [-0.2, 0) is 0 Å². The molecule has 0 aliphatic heterocycles. The molecule has 0 spiro atoms. The smallest absolute Gasteiger partial charge is 0.210 e. The molecule has 0 bridgehead atoms. The Labute approximate surface area is 136 Å². The summed E-state index contributed by atoms with van der Waals surface area (Å²) in [5, 5.41) is 14.1. The summed E-state index contributed by atoms with van der Waals surface area (Å²) in [4.78, 5) is 0. The molecule has 0 aliphatic rings. The minimum atomic E-state index is 0.505. The second-order valence-corrected chi connectivity index (χ2v) is 6.32. The molecule has 0 fully saturated rings. The zero-order chi connectivity index (χ0) is 14.8. The van der Waals surface area contributed by atoms with E-state index < -0.39 is 0 Å². The minimum absolute atomic E-state index is 0.505. The first-order chi connectivity index (χ1) is 10.1. The van der Waals surface area contributed by atoms with Gasteiger partial charge in [-0.15, -0.1) is 10.2 Å². The third kappa shape index (κ3) is 3.35. The fourth-order valence-electron chi connectivity index (χ4n) is 1.78. The molecule has 3 rings (SSSR count). The number of hydrogen-bond donors (Lipinski definition) is 1. The number of anilines is 2. The van der Waals surface area contributed by atoms with Crippen molar-refractivity contribution in [1.82, 2.24) is 10.2 Å². The van der Waals surface area contributed by atoms with Crippen molar-refractivity contribution >= 4 is 45.4 Å². The topological polar surface area (TPSA) is 37.8 Å². The van der Waals surface area contributed by atoms with Gasteiger partial charge in [-0.3, -0.25) is 0 Å². The molecular formula is C15H11Cl2N3S. The van der Waals surface area contributed by atoms with Crippen LogP contribution < -0.4 is 5.32 Å². The van der Waals surface area contributed by atoms with Gasteiger partial charge < -0.3 is 5.32 Å². The molecule has 21 heavy (non-hydrogen) atoms. The summed E-state index contributed by atoms with van der Waals surface area (Å²) in [7, 11) is 0. The zero-order valence-corrected chi connectivity index (χ0v) is 13.4. The summed E-state index contributed by atoms with van der Waals surface area (Å²) in [5.41, 5.74) is 3.11. The number of aromatic nitrogens is 2. The first-order valence-electron chi connectivity index (χ1n) is 6.24. The van der Waals surface area contributed by atoms with Gasteiger partial charge in [0.05, 0.1) is 10.0 Å². The molecule has 0 atom stereocenters. The van der Waals surface area contributed by atoms with Crippen LogP contribution in [0.25, 0.3) is 10.6 Å². The Bertz CT molecular complexity index is 769. The van der Waals surface area contributed by atoms with E-state index in [2.05, 4.69) is 34.6 Å². The second kappa shape index (κ2) is 6.02. The van der Waals surface area contributed by atoms with Crippen molar-refractivity contribution in [1.29, 1.82) is 0 Å². The van der Waals surface area contributed by atoms with Crippen LogP contribution in [0.3, 0.4) is 0 Å². The van der Waals surface area contributed by atoms with Crippen LogP contribution in [0.5, 0.6) is 0 Å². The average Bonchev–Trinajstić information content (AvgIpc) is 2.92. The monoisotopic (exact) mass is 335 g/mol. The van der Waals surface area contributed by atoms with E-state index >= 15 is 0 Å². The first-order valence-corrected chi connectivity index (χ1v) is 7.82. The van der Waals surface area contributed by atoms with Crippen LogP contribution in [0.15, 0.2) is 42.5 Å². The number of rotatable bonds is 3.